The molecule has 1 amide bonds. The van der Waals surface area contributed by atoms with Crippen LogP contribution in [0.1, 0.15) is 56.1 Å². The topological polar surface area (TPSA) is 57.7 Å². The number of fused-ring (bicyclic) bond motifs is 1. The van der Waals surface area contributed by atoms with Gasteiger partial charge in [0, 0.05) is 32.1 Å². The summed E-state index contributed by atoms with van der Waals surface area (Å²) in [5.41, 5.74) is 2.49. The highest BCUT2D eigenvalue weighted by Gasteiger charge is 2.34. The number of aryl methyl sites for hydroxylation is 2. The molecular weight excluding hydrogens is 360 g/mol. The number of rotatable bonds is 3. The first-order chi connectivity index (χ1) is 13.1. The van der Waals surface area contributed by atoms with E-state index in [2.05, 4.69) is 0 Å². The Hall–Kier alpha value is -1.40. The minimum absolute atomic E-state index is 0.0157. The van der Waals surface area contributed by atoms with Crippen LogP contribution in [0.5, 0.6) is 0 Å². The van der Waals surface area contributed by atoms with Crippen LogP contribution in [-0.4, -0.2) is 49.7 Å². The minimum atomic E-state index is -3.46. The Morgan fingerprint density at radius 3 is 2.22 bits per heavy atom. The number of benzene rings is 1. The molecule has 0 bridgehead atoms. The van der Waals surface area contributed by atoms with Gasteiger partial charge in [0.1, 0.15) is 0 Å². The van der Waals surface area contributed by atoms with Gasteiger partial charge in [-0.15, -0.1) is 0 Å². The second kappa shape index (κ2) is 7.92. The van der Waals surface area contributed by atoms with Crippen molar-refractivity contribution in [2.75, 3.05) is 26.2 Å². The van der Waals surface area contributed by atoms with Gasteiger partial charge in [-0.2, -0.15) is 4.31 Å². The molecule has 2 saturated heterocycles. The van der Waals surface area contributed by atoms with Crippen molar-refractivity contribution >= 4 is 15.9 Å². The first-order valence-corrected chi connectivity index (χ1v) is 11.9. The van der Waals surface area contributed by atoms with Crippen molar-refractivity contribution in [1.29, 1.82) is 0 Å². The number of carbonyl (C=O) groups excluding carboxylic acids is 1. The van der Waals surface area contributed by atoms with Crippen LogP contribution in [0.3, 0.4) is 0 Å². The van der Waals surface area contributed by atoms with Crippen LogP contribution in [0.15, 0.2) is 23.1 Å². The first-order valence-electron chi connectivity index (χ1n) is 10.5. The Morgan fingerprint density at radius 1 is 0.852 bits per heavy atom. The molecule has 0 aromatic heterocycles. The zero-order chi connectivity index (χ0) is 18.9. The Kier molecular flexibility index (Phi) is 5.55. The summed E-state index contributed by atoms with van der Waals surface area (Å²) in [5, 5.41) is 0. The van der Waals surface area contributed by atoms with Crippen LogP contribution in [0.2, 0.25) is 0 Å². The molecule has 0 spiro atoms. The summed E-state index contributed by atoms with van der Waals surface area (Å²) in [5.74, 6) is 0.221. The molecule has 0 saturated carbocycles. The van der Waals surface area contributed by atoms with E-state index in [4.69, 9.17) is 0 Å². The number of amides is 1. The third kappa shape index (κ3) is 3.92. The van der Waals surface area contributed by atoms with Crippen molar-refractivity contribution in [3.8, 4) is 0 Å². The molecule has 1 aliphatic carbocycles. The van der Waals surface area contributed by atoms with Gasteiger partial charge in [0.15, 0.2) is 0 Å². The Bertz CT molecular complexity index is 792. The number of carbonyl (C=O) groups is 1. The fourth-order valence-electron chi connectivity index (χ4n) is 4.73. The molecule has 0 unspecified atom stereocenters. The van der Waals surface area contributed by atoms with Gasteiger partial charge in [0.05, 0.1) is 4.90 Å². The smallest absolute Gasteiger partial charge is 0.243 e. The van der Waals surface area contributed by atoms with E-state index in [-0.39, 0.29) is 11.8 Å². The van der Waals surface area contributed by atoms with Crippen LogP contribution in [0.4, 0.5) is 0 Å². The maximum atomic E-state index is 13.1. The number of hydrogen-bond donors (Lipinski definition) is 0. The Labute approximate surface area is 162 Å². The average molecular weight is 391 g/mol. The lowest BCUT2D eigenvalue weighted by molar-refractivity contribution is -0.137. The Morgan fingerprint density at radius 2 is 1.52 bits per heavy atom. The number of piperidine rings is 2. The molecule has 4 rings (SSSR count). The van der Waals surface area contributed by atoms with Gasteiger partial charge in [0.25, 0.3) is 0 Å². The van der Waals surface area contributed by atoms with Crippen molar-refractivity contribution in [2.45, 2.75) is 62.7 Å². The molecule has 2 heterocycles. The summed E-state index contributed by atoms with van der Waals surface area (Å²) < 4.78 is 27.7. The third-order valence-corrected chi connectivity index (χ3v) is 8.32. The Balaban J connectivity index is 1.41. The fourth-order valence-corrected chi connectivity index (χ4v) is 6.26. The molecule has 0 atom stereocenters. The quantitative estimate of drug-likeness (QED) is 0.797. The molecule has 6 heteroatoms. The highest BCUT2D eigenvalue weighted by Crippen LogP contribution is 2.29. The molecule has 1 aromatic carbocycles. The molecule has 1 aromatic rings. The summed E-state index contributed by atoms with van der Waals surface area (Å²) in [7, 11) is -3.46. The van der Waals surface area contributed by atoms with E-state index >= 15 is 0 Å². The van der Waals surface area contributed by atoms with Gasteiger partial charge < -0.3 is 4.90 Å². The molecule has 27 heavy (non-hydrogen) atoms. The minimum Gasteiger partial charge on any atom is -0.342 e. The maximum absolute atomic E-state index is 13.1. The lowest BCUT2D eigenvalue weighted by Gasteiger charge is -2.35. The summed E-state index contributed by atoms with van der Waals surface area (Å²) in [6.45, 7) is 2.63. The van der Waals surface area contributed by atoms with E-state index in [0.717, 1.165) is 45.2 Å². The maximum Gasteiger partial charge on any atom is 0.243 e. The zero-order valence-electron chi connectivity index (χ0n) is 16.0. The SMILES string of the molecule is O=C(C1CCN(S(=O)(=O)c2ccc3c(c2)CCCC3)CC1)N1CCCCC1. The highest BCUT2D eigenvalue weighted by molar-refractivity contribution is 7.89. The van der Waals surface area contributed by atoms with Gasteiger partial charge in [-0.05, 0) is 81.0 Å². The van der Waals surface area contributed by atoms with Gasteiger partial charge in [-0.25, -0.2) is 8.42 Å². The van der Waals surface area contributed by atoms with Gasteiger partial charge >= 0.3 is 0 Å². The molecule has 3 aliphatic rings. The van der Waals surface area contributed by atoms with Crippen molar-refractivity contribution in [3.63, 3.8) is 0 Å². The van der Waals surface area contributed by atoms with Crippen LogP contribution >= 0.6 is 0 Å². The standard InChI is InChI=1S/C21H30N2O3S/c24-21(22-12-4-1-5-13-22)18-10-14-23(15-11-18)27(25,26)20-9-8-17-6-2-3-7-19(17)16-20/h8-9,16,18H,1-7,10-15H2. The zero-order valence-corrected chi connectivity index (χ0v) is 16.8. The van der Waals surface area contributed by atoms with Crippen LogP contribution in [-0.2, 0) is 27.7 Å². The third-order valence-electron chi connectivity index (χ3n) is 6.43. The van der Waals surface area contributed by atoms with Crippen molar-refractivity contribution in [2.24, 2.45) is 5.92 Å². The predicted octanol–water partition coefficient (Wildman–Crippen LogP) is 2.98. The molecule has 148 valence electrons. The average Bonchev–Trinajstić information content (AvgIpc) is 2.73. The summed E-state index contributed by atoms with van der Waals surface area (Å²) in [6.07, 6.45) is 9.04. The van der Waals surface area contributed by atoms with E-state index in [0.29, 0.717) is 30.8 Å². The molecule has 2 aliphatic heterocycles. The van der Waals surface area contributed by atoms with E-state index < -0.39 is 10.0 Å². The summed E-state index contributed by atoms with van der Waals surface area (Å²) in [6, 6.07) is 5.65. The molecule has 5 nitrogen and oxygen atoms in total. The van der Waals surface area contributed by atoms with Crippen molar-refractivity contribution in [3.05, 3.63) is 29.3 Å². The van der Waals surface area contributed by atoms with E-state index in [1.807, 2.05) is 17.0 Å². The second-order valence-electron chi connectivity index (χ2n) is 8.20. The lowest BCUT2D eigenvalue weighted by Crippen LogP contribution is -2.45. The van der Waals surface area contributed by atoms with E-state index in [1.165, 1.54) is 24.0 Å². The number of hydrogen-bond acceptors (Lipinski definition) is 3. The fraction of sp³-hybridized carbons (Fsp3) is 0.667. The van der Waals surface area contributed by atoms with Crippen molar-refractivity contribution in [1.82, 2.24) is 9.21 Å². The monoisotopic (exact) mass is 390 g/mol. The van der Waals surface area contributed by atoms with Crippen LogP contribution in [0, 0.1) is 5.92 Å². The second-order valence-corrected chi connectivity index (χ2v) is 10.1. The van der Waals surface area contributed by atoms with Gasteiger partial charge in [0.2, 0.25) is 15.9 Å². The summed E-state index contributed by atoms with van der Waals surface area (Å²) >= 11 is 0. The predicted molar refractivity (Wildman–Crippen MR) is 105 cm³/mol. The number of sulfonamides is 1. The number of likely N-dealkylation sites (tertiary alicyclic amines) is 1. The van der Waals surface area contributed by atoms with E-state index in [1.54, 1.807) is 10.4 Å². The highest BCUT2D eigenvalue weighted by atomic mass is 32.2. The summed E-state index contributed by atoms with van der Waals surface area (Å²) in [4.78, 5) is 15.1. The number of nitrogens with zero attached hydrogens (tertiary/aromatic N) is 2. The normalized spacial score (nSPS) is 22.4. The van der Waals surface area contributed by atoms with Crippen LogP contribution < -0.4 is 0 Å². The van der Waals surface area contributed by atoms with E-state index in [9.17, 15) is 13.2 Å². The first kappa shape index (κ1) is 18.9. The molecular formula is C21H30N2O3S. The lowest BCUT2D eigenvalue weighted by atomic mass is 9.92. The van der Waals surface area contributed by atoms with Gasteiger partial charge in [-0.3, -0.25) is 4.79 Å². The molecule has 2 fully saturated rings. The van der Waals surface area contributed by atoms with Gasteiger partial charge in [-0.1, -0.05) is 6.07 Å². The van der Waals surface area contributed by atoms with Crippen molar-refractivity contribution < 1.29 is 13.2 Å². The molecule has 0 radical (unpaired) electrons. The molecule has 0 N–H and O–H groups in total. The van der Waals surface area contributed by atoms with Crippen LogP contribution in [0.25, 0.3) is 0 Å². The largest absolute Gasteiger partial charge is 0.342 e.